The van der Waals surface area contributed by atoms with E-state index in [2.05, 4.69) is 15.1 Å². The first kappa shape index (κ1) is 18.9. The first-order valence-electron chi connectivity index (χ1n) is 8.66. The van der Waals surface area contributed by atoms with Crippen LogP contribution in [0.15, 0.2) is 58.4 Å². The lowest BCUT2D eigenvalue weighted by molar-refractivity contribution is -0.122. The topological polar surface area (TPSA) is 90.9 Å². The van der Waals surface area contributed by atoms with Crippen molar-refractivity contribution in [1.82, 2.24) is 10.1 Å². The molecule has 2 aromatic carbocycles. The third-order valence-electron chi connectivity index (χ3n) is 4.27. The average Bonchev–Trinajstić information content (AvgIpc) is 2.91. The van der Waals surface area contributed by atoms with Crippen LogP contribution in [-0.4, -0.2) is 32.7 Å². The van der Waals surface area contributed by atoms with Crippen LogP contribution in [0.2, 0.25) is 0 Å². The first-order chi connectivity index (χ1) is 12.8. The standard InChI is InChI=1S/C19H22N4O3S/c1-4-23(15-11-9-13(2)10-12-15)21-19(24)14(3)20-18-16-7-5-6-8-17(16)27(25,26)22-18/h5-12,14H,4H2,1-3H3,(H,20,22)(H,21,24)/t14-/m0/s1. The maximum Gasteiger partial charge on any atom is 0.263 e. The Morgan fingerprint density at radius 1 is 1.19 bits per heavy atom. The lowest BCUT2D eigenvalue weighted by Gasteiger charge is -2.25. The first-order valence-corrected chi connectivity index (χ1v) is 10.1. The Balaban J connectivity index is 1.78. The number of aryl methyl sites for hydroxylation is 1. The van der Waals surface area contributed by atoms with Crippen molar-refractivity contribution in [3.05, 3.63) is 59.7 Å². The van der Waals surface area contributed by atoms with E-state index in [1.165, 1.54) is 6.07 Å². The van der Waals surface area contributed by atoms with Gasteiger partial charge in [-0.05, 0) is 45.0 Å². The highest BCUT2D eigenvalue weighted by atomic mass is 32.2. The molecule has 1 atom stereocenters. The number of anilines is 1. The Morgan fingerprint density at radius 2 is 1.85 bits per heavy atom. The zero-order valence-corrected chi connectivity index (χ0v) is 16.2. The summed E-state index contributed by atoms with van der Waals surface area (Å²) in [6, 6.07) is 13.6. The number of carbonyl (C=O) groups is 1. The highest BCUT2D eigenvalue weighted by Crippen LogP contribution is 2.22. The Labute approximate surface area is 159 Å². The van der Waals surface area contributed by atoms with Gasteiger partial charge in [-0.25, -0.2) is 8.42 Å². The largest absolute Gasteiger partial charge is 0.286 e. The Hall–Kier alpha value is -2.87. The number of benzene rings is 2. The second-order valence-corrected chi connectivity index (χ2v) is 7.96. The van der Waals surface area contributed by atoms with E-state index in [4.69, 9.17) is 0 Å². The normalized spacial score (nSPS) is 17.1. The molecule has 0 aromatic heterocycles. The second-order valence-electron chi connectivity index (χ2n) is 6.31. The van der Waals surface area contributed by atoms with Gasteiger partial charge in [-0.15, -0.1) is 0 Å². The van der Waals surface area contributed by atoms with Crippen LogP contribution in [0, 0.1) is 6.92 Å². The molecule has 1 aliphatic heterocycles. The molecule has 7 nitrogen and oxygen atoms in total. The van der Waals surface area contributed by atoms with E-state index in [-0.39, 0.29) is 16.6 Å². The Bertz CT molecular complexity index is 984. The molecule has 0 bridgehead atoms. The van der Waals surface area contributed by atoms with Crippen LogP contribution in [0.25, 0.3) is 0 Å². The predicted molar refractivity (Wildman–Crippen MR) is 105 cm³/mol. The molecule has 8 heteroatoms. The molecular formula is C19H22N4O3S. The molecule has 0 unspecified atom stereocenters. The number of hydrogen-bond donors (Lipinski definition) is 2. The molecule has 1 heterocycles. The van der Waals surface area contributed by atoms with Gasteiger partial charge in [0, 0.05) is 12.1 Å². The van der Waals surface area contributed by atoms with Crippen LogP contribution >= 0.6 is 0 Å². The summed E-state index contributed by atoms with van der Waals surface area (Å²) in [5.41, 5.74) is 5.30. The number of hydrogen-bond acceptors (Lipinski definition) is 5. The van der Waals surface area contributed by atoms with Crippen LogP contribution in [0.3, 0.4) is 0 Å². The van der Waals surface area contributed by atoms with E-state index in [1.54, 1.807) is 30.1 Å². The van der Waals surface area contributed by atoms with Gasteiger partial charge in [0.15, 0.2) is 0 Å². The number of amides is 1. The Morgan fingerprint density at radius 3 is 2.52 bits per heavy atom. The van der Waals surface area contributed by atoms with Crippen molar-refractivity contribution in [2.45, 2.75) is 31.7 Å². The molecule has 0 saturated heterocycles. The van der Waals surface area contributed by atoms with Gasteiger partial charge in [0.2, 0.25) is 0 Å². The SMILES string of the molecule is CCN(NC(=O)[C@H](C)N=C1NS(=O)(=O)c2ccccc21)c1ccc(C)cc1. The molecule has 0 fully saturated rings. The van der Waals surface area contributed by atoms with Crippen molar-refractivity contribution in [1.29, 1.82) is 0 Å². The third kappa shape index (κ3) is 3.95. The van der Waals surface area contributed by atoms with Crippen molar-refractivity contribution in [2.24, 2.45) is 4.99 Å². The van der Waals surface area contributed by atoms with Crippen LogP contribution in [0.5, 0.6) is 0 Å². The van der Waals surface area contributed by atoms with Crippen molar-refractivity contribution in [2.75, 3.05) is 11.6 Å². The quantitative estimate of drug-likeness (QED) is 0.769. The summed E-state index contributed by atoms with van der Waals surface area (Å²) in [4.78, 5) is 17.0. The van der Waals surface area contributed by atoms with Gasteiger partial charge in [0.05, 0.1) is 10.6 Å². The van der Waals surface area contributed by atoms with Crippen LogP contribution in [0.4, 0.5) is 5.69 Å². The van der Waals surface area contributed by atoms with Gasteiger partial charge >= 0.3 is 0 Å². The number of hydrazine groups is 1. The van der Waals surface area contributed by atoms with Crippen molar-refractivity contribution in [3.63, 3.8) is 0 Å². The van der Waals surface area contributed by atoms with Crippen LogP contribution in [-0.2, 0) is 14.8 Å². The van der Waals surface area contributed by atoms with Crippen molar-refractivity contribution < 1.29 is 13.2 Å². The zero-order chi connectivity index (χ0) is 19.6. The molecule has 3 rings (SSSR count). The van der Waals surface area contributed by atoms with Crippen LogP contribution in [0.1, 0.15) is 25.0 Å². The predicted octanol–water partition coefficient (Wildman–Crippen LogP) is 1.98. The minimum Gasteiger partial charge on any atom is -0.286 e. The molecule has 0 saturated carbocycles. The van der Waals surface area contributed by atoms with E-state index in [9.17, 15) is 13.2 Å². The number of sulfonamides is 1. The maximum atomic E-state index is 12.6. The van der Waals surface area contributed by atoms with Gasteiger partial charge < -0.3 is 0 Å². The second kappa shape index (κ2) is 7.40. The number of rotatable bonds is 5. The van der Waals surface area contributed by atoms with Gasteiger partial charge in [0.25, 0.3) is 15.9 Å². The van der Waals surface area contributed by atoms with Gasteiger partial charge in [-0.1, -0.05) is 29.8 Å². The summed E-state index contributed by atoms with van der Waals surface area (Å²) < 4.78 is 26.7. The molecule has 27 heavy (non-hydrogen) atoms. The molecule has 1 amide bonds. The number of nitrogens with one attached hydrogen (secondary N) is 2. The molecule has 0 radical (unpaired) electrons. The summed E-state index contributed by atoms with van der Waals surface area (Å²) in [6.45, 7) is 6.13. The number of carbonyl (C=O) groups excluding carboxylic acids is 1. The third-order valence-corrected chi connectivity index (χ3v) is 5.67. The number of amidine groups is 1. The minimum absolute atomic E-state index is 0.172. The van der Waals surface area contributed by atoms with Gasteiger partial charge in [-0.2, -0.15) is 0 Å². The van der Waals surface area contributed by atoms with E-state index in [1.807, 2.05) is 38.1 Å². The summed E-state index contributed by atoms with van der Waals surface area (Å²) in [5.74, 6) is -0.139. The molecular weight excluding hydrogens is 364 g/mol. The minimum atomic E-state index is -3.62. The smallest absolute Gasteiger partial charge is 0.263 e. The molecule has 0 aliphatic carbocycles. The lowest BCUT2D eigenvalue weighted by atomic mass is 10.2. The fourth-order valence-corrected chi connectivity index (χ4v) is 4.00. The number of nitrogens with zero attached hydrogens (tertiary/aromatic N) is 2. The average molecular weight is 386 g/mol. The zero-order valence-electron chi connectivity index (χ0n) is 15.4. The summed E-state index contributed by atoms with van der Waals surface area (Å²) in [5, 5.41) is 1.73. The summed E-state index contributed by atoms with van der Waals surface area (Å²) >= 11 is 0. The van der Waals surface area contributed by atoms with Crippen LogP contribution < -0.4 is 15.2 Å². The fourth-order valence-electron chi connectivity index (χ4n) is 2.76. The highest BCUT2D eigenvalue weighted by molar-refractivity contribution is 7.90. The maximum absolute atomic E-state index is 12.6. The van der Waals surface area contributed by atoms with E-state index >= 15 is 0 Å². The summed E-state index contributed by atoms with van der Waals surface area (Å²) in [7, 11) is -3.62. The molecule has 1 aliphatic rings. The molecule has 0 spiro atoms. The summed E-state index contributed by atoms with van der Waals surface area (Å²) in [6.07, 6.45) is 0. The molecule has 142 valence electrons. The number of fused-ring (bicyclic) bond motifs is 1. The monoisotopic (exact) mass is 386 g/mol. The highest BCUT2D eigenvalue weighted by Gasteiger charge is 2.31. The molecule has 2 N–H and O–H groups in total. The lowest BCUT2D eigenvalue weighted by Crippen LogP contribution is -2.46. The fraction of sp³-hybridized carbons (Fsp3) is 0.263. The number of aliphatic imine (C=N–C) groups is 1. The Kier molecular flexibility index (Phi) is 5.18. The van der Waals surface area contributed by atoms with Gasteiger partial charge in [-0.3, -0.25) is 24.9 Å². The van der Waals surface area contributed by atoms with E-state index in [0.717, 1.165) is 11.3 Å². The van der Waals surface area contributed by atoms with Crippen molar-refractivity contribution >= 4 is 27.5 Å². The van der Waals surface area contributed by atoms with Crippen molar-refractivity contribution in [3.8, 4) is 0 Å². The van der Waals surface area contributed by atoms with E-state index in [0.29, 0.717) is 12.1 Å². The molecule has 2 aromatic rings. The van der Waals surface area contributed by atoms with Gasteiger partial charge in [0.1, 0.15) is 11.9 Å². The van der Waals surface area contributed by atoms with E-state index < -0.39 is 16.1 Å².